The van der Waals surface area contributed by atoms with E-state index >= 15 is 0 Å². The molecule has 1 unspecified atom stereocenters. The second-order valence-electron chi connectivity index (χ2n) is 6.80. The minimum Gasteiger partial charge on any atom is -0.352 e. The molecule has 5 nitrogen and oxygen atoms in total. The van der Waals surface area contributed by atoms with Crippen molar-refractivity contribution in [1.29, 1.82) is 0 Å². The smallest absolute Gasteiger partial charge is 0.224 e. The lowest BCUT2D eigenvalue weighted by Gasteiger charge is -2.19. The first-order valence-corrected chi connectivity index (χ1v) is 9.55. The average Bonchev–Trinajstić information content (AvgIpc) is 2.67. The van der Waals surface area contributed by atoms with Crippen molar-refractivity contribution in [1.82, 2.24) is 10.6 Å². The molecule has 29 heavy (non-hydrogen) atoms. The summed E-state index contributed by atoms with van der Waals surface area (Å²) in [6.45, 7) is 6.23. The highest BCUT2D eigenvalue weighted by molar-refractivity contribution is 14.0. The van der Waals surface area contributed by atoms with Crippen molar-refractivity contribution in [2.75, 3.05) is 12.4 Å². The lowest BCUT2D eigenvalue weighted by molar-refractivity contribution is -0.116. The Bertz CT molecular complexity index is 841. The van der Waals surface area contributed by atoms with Crippen molar-refractivity contribution < 1.29 is 9.18 Å². The van der Waals surface area contributed by atoms with Crippen LogP contribution in [0.4, 0.5) is 10.1 Å². The van der Waals surface area contributed by atoms with E-state index in [1.165, 1.54) is 0 Å². The first kappa shape index (κ1) is 24.9. The van der Waals surface area contributed by atoms with Gasteiger partial charge in [0.05, 0.1) is 6.04 Å². The molecule has 1 atom stereocenters. The quantitative estimate of drug-likeness (QED) is 0.281. The molecule has 0 saturated heterocycles. The predicted molar refractivity (Wildman–Crippen MR) is 128 cm³/mol. The Labute approximate surface area is 189 Å². The molecule has 0 spiro atoms. The molecule has 3 N–H and O–H groups in total. The Morgan fingerprint density at radius 2 is 1.97 bits per heavy atom. The zero-order valence-electron chi connectivity index (χ0n) is 17.4. The first-order chi connectivity index (χ1) is 13.4. The summed E-state index contributed by atoms with van der Waals surface area (Å²) >= 11 is 0. The monoisotopic (exact) mass is 512 g/mol. The molecule has 7 heteroatoms. The number of carbonyl (C=O) groups is 1. The van der Waals surface area contributed by atoms with Crippen molar-refractivity contribution in [3.8, 4) is 0 Å². The topological polar surface area (TPSA) is 65.5 Å². The number of aryl methyl sites for hydroxylation is 1. The van der Waals surface area contributed by atoms with E-state index < -0.39 is 0 Å². The second kappa shape index (κ2) is 12.4. The molecule has 2 aromatic rings. The van der Waals surface area contributed by atoms with E-state index in [9.17, 15) is 9.18 Å². The molecule has 0 aromatic heterocycles. The summed E-state index contributed by atoms with van der Waals surface area (Å²) in [5.41, 5.74) is 3.28. The van der Waals surface area contributed by atoms with Gasteiger partial charge in [-0.15, -0.1) is 24.0 Å². The van der Waals surface area contributed by atoms with Crippen LogP contribution in [0.2, 0.25) is 0 Å². The summed E-state index contributed by atoms with van der Waals surface area (Å²) in [7, 11) is 1.69. The minimum atomic E-state index is -0.212. The number of guanidine groups is 1. The fourth-order valence-electron chi connectivity index (χ4n) is 2.76. The lowest BCUT2D eigenvalue weighted by Crippen LogP contribution is -2.38. The van der Waals surface area contributed by atoms with Crippen molar-refractivity contribution in [3.63, 3.8) is 0 Å². The Kier molecular flexibility index (Phi) is 10.6. The third-order valence-electron chi connectivity index (χ3n) is 4.42. The highest BCUT2D eigenvalue weighted by atomic mass is 127. The van der Waals surface area contributed by atoms with E-state index in [2.05, 4.69) is 20.9 Å². The van der Waals surface area contributed by atoms with Crippen LogP contribution in [0.1, 0.15) is 49.4 Å². The molecule has 0 aliphatic heterocycles. The minimum absolute atomic E-state index is 0. The van der Waals surface area contributed by atoms with Crippen LogP contribution >= 0.6 is 24.0 Å². The van der Waals surface area contributed by atoms with Crippen molar-refractivity contribution >= 4 is 41.5 Å². The normalized spacial score (nSPS) is 12.0. The summed E-state index contributed by atoms with van der Waals surface area (Å²) < 4.78 is 13.8. The number of aliphatic imine (C=N–C) groups is 1. The number of hydrogen-bond acceptors (Lipinski definition) is 2. The molecule has 1 amide bonds. The first-order valence-electron chi connectivity index (χ1n) is 9.55. The zero-order chi connectivity index (χ0) is 20.5. The van der Waals surface area contributed by atoms with Gasteiger partial charge in [0.25, 0.3) is 0 Å². The van der Waals surface area contributed by atoms with Gasteiger partial charge in [0, 0.05) is 25.7 Å². The Morgan fingerprint density at radius 3 is 2.62 bits per heavy atom. The van der Waals surface area contributed by atoms with Crippen molar-refractivity contribution in [2.24, 2.45) is 4.99 Å². The van der Waals surface area contributed by atoms with E-state index in [0.717, 1.165) is 23.2 Å². The number of nitrogens with one attached hydrogen (secondary N) is 3. The van der Waals surface area contributed by atoms with Gasteiger partial charge in [0.1, 0.15) is 5.82 Å². The van der Waals surface area contributed by atoms with Gasteiger partial charge in [-0.05, 0) is 55.2 Å². The van der Waals surface area contributed by atoms with Crippen LogP contribution < -0.4 is 16.0 Å². The molecular weight excluding hydrogens is 482 g/mol. The molecular formula is C22H30FIN4O. The number of benzene rings is 2. The van der Waals surface area contributed by atoms with Gasteiger partial charge >= 0.3 is 0 Å². The Balaban J connectivity index is 0.00000420. The number of amides is 1. The number of halogens is 2. The van der Waals surface area contributed by atoms with Crippen LogP contribution in [0, 0.1) is 12.7 Å². The summed E-state index contributed by atoms with van der Waals surface area (Å²) in [6.07, 6.45) is 1.33. The molecule has 0 fully saturated rings. The van der Waals surface area contributed by atoms with Crippen LogP contribution in [0.3, 0.4) is 0 Å². The number of carbonyl (C=O) groups excluding carboxylic acids is 1. The van der Waals surface area contributed by atoms with Crippen LogP contribution in [-0.4, -0.2) is 18.9 Å². The van der Waals surface area contributed by atoms with Crippen LogP contribution in [0.25, 0.3) is 0 Å². The molecule has 158 valence electrons. The van der Waals surface area contributed by atoms with Gasteiger partial charge in [-0.25, -0.2) is 4.39 Å². The van der Waals surface area contributed by atoms with E-state index in [-0.39, 0.29) is 41.7 Å². The largest absolute Gasteiger partial charge is 0.352 e. The highest BCUT2D eigenvalue weighted by Gasteiger charge is 2.10. The SMILES string of the molecule is CCCC(=O)Nc1cccc(CNC(=NC)NC(C)c2ccc(C)c(F)c2)c1.I. The molecule has 0 radical (unpaired) electrons. The zero-order valence-corrected chi connectivity index (χ0v) is 19.7. The van der Waals surface area contributed by atoms with E-state index in [1.807, 2.05) is 44.2 Å². The summed E-state index contributed by atoms with van der Waals surface area (Å²) in [4.78, 5) is 16.0. The number of nitrogens with zero attached hydrogens (tertiary/aromatic N) is 1. The predicted octanol–water partition coefficient (Wildman–Crippen LogP) is 4.92. The third kappa shape index (κ3) is 8.00. The maximum absolute atomic E-state index is 13.8. The second-order valence-corrected chi connectivity index (χ2v) is 6.80. The van der Waals surface area contributed by atoms with Crippen LogP contribution in [0.15, 0.2) is 47.5 Å². The number of rotatable bonds is 7. The summed E-state index contributed by atoms with van der Waals surface area (Å²) in [6, 6.07) is 12.8. The van der Waals surface area contributed by atoms with Crippen LogP contribution in [-0.2, 0) is 11.3 Å². The van der Waals surface area contributed by atoms with E-state index in [0.29, 0.717) is 24.5 Å². The Morgan fingerprint density at radius 1 is 1.21 bits per heavy atom. The lowest BCUT2D eigenvalue weighted by atomic mass is 10.1. The molecule has 0 saturated carbocycles. The van der Waals surface area contributed by atoms with Crippen molar-refractivity contribution in [3.05, 3.63) is 65.0 Å². The molecule has 0 aliphatic rings. The maximum atomic E-state index is 13.8. The number of anilines is 1. The van der Waals surface area contributed by atoms with Crippen LogP contribution in [0.5, 0.6) is 0 Å². The standard InChI is InChI=1S/C22H29FN4O.HI/c1-5-7-21(28)27-19-9-6-8-17(12-19)14-25-22(24-4)26-16(3)18-11-10-15(2)20(23)13-18;/h6,8-13,16H,5,7,14H2,1-4H3,(H,27,28)(H2,24,25,26);1H. The molecule has 2 rings (SSSR count). The highest BCUT2D eigenvalue weighted by Crippen LogP contribution is 2.16. The molecule has 2 aromatic carbocycles. The fourth-order valence-corrected chi connectivity index (χ4v) is 2.76. The summed E-state index contributed by atoms with van der Waals surface area (Å²) in [5, 5.41) is 9.42. The molecule has 0 aliphatic carbocycles. The van der Waals surface area contributed by atoms with Gasteiger partial charge in [0.15, 0.2) is 5.96 Å². The third-order valence-corrected chi connectivity index (χ3v) is 4.42. The Hall–Kier alpha value is -2.16. The van der Waals surface area contributed by atoms with Gasteiger partial charge < -0.3 is 16.0 Å². The molecule has 0 bridgehead atoms. The number of hydrogen-bond donors (Lipinski definition) is 3. The fraction of sp³-hybridized carbons (Fsp3) is 0.364. The van der Waals surface area contributed by atoms with Gasteiger partial charge in [-0.2, -0.15) is 0 Å². The van der Waals surface area contributed by atoms with Gasteiger partial charge in [-0.3, -0.25) is 9.79 Å². The van der Waals surface area contributed by atoms with Gasteiger partial charge in [-0.1, -0.05) is 31.2 Å². The maximum Gasteiger partial charge on any atom is 0.224 e. The van der Waals surface area contributed by atoms with E-state index in [1.54, 1.807) is 26.1 Å². The van der Waals surface area contributed by atoms with Gasteiger partial charge in [0.2, 0.25) is 5.91 Å². The molecule has 0 heterocycles. The average molecular weight is 512 g/mol. The van der Waals surface area contributed by atoms with Crippen molar-refractivity contribution in [2.45, 2.75) is 46.2 Å². The summed E-state index contributed by atoms with van der Waals surface area (Å²) in [5.74, 6) is 0.425. The van der Waals surface area contributed by atoms with E-state index in [4.69, 9.17) is 0 Å².